The van der Waals surface area contributed by atoms with Crippen molar-refractivity contribution in [3.63, 3.8) is 0 Å². The second kappa shape index (κ2) is 6.55. The molecule has 1 aliphatic carbocycles. The Bertz CT molecular complexity index is 272. The maximum atomic E-state index is 12.2. The molecule has 0 aromatic rings. The normalized spacial score (nSPS) is 25.9. The second-order valence-corrected chi connectivity index (χ2v) is 6.23. The van der Waals surface area contributed by atoms with Gasteiger partial charge in [-0.3, -0.25) is 4.79 Å². The van der Waals surface area contributed by atoms with E-state index < -0.39 is 0 Å². The van der Waals surface area contributed by atoms with E-state index in [1.807, 2.05) is 13.8 Å². The Labute approximate surface area is 111 Å². The molecule has 2 fully saturated rings. The van der Waals surface area contributed by atoms with Crippen LogP contribution in [0, 0.1) is 5.92 Å². The molecular weight excluding hydrogens is 224 g/mol. The van der Waals surface area contributed by atoms with E-state index in [2.05, 4.69) is 10.2 Å². The van der Waals surface area contributed by atoms with Crippen LogP contribution in [-0.4, -0.2) is 36.0 Å². The van der Waals surface area contributed by atoms with Gasteiger partial charge in [0, 0.05) is 31.1 Å². The molecule has 0 aromatic carbocycles. The predicted octanol–water partition coefficient (Wildman–Crippen LogP) is 2.56. The van der Waals surface area contributed by atoms with Gasteiger partial charge in [-0.25, -0.2) is 0 Å². The van der Waals surface area contributed by atoms with Gasteiger partial charge in [0.1, 0.15) is 0 Å². The van der Waals surface area contributed by atoms with Crippen molar-refractivity contribution in [3.05, 3.63) is 0 Å². The van der Waals surface area contributed by atoms with Gasteiger partial charge in [0.05, 0.1) is 0 Å². The van der Waals surface area contributed by atoms with E-state index in [0.717, 1.165) is 13.1 Å². The van der Waals surface area contributed by atoms with Crippen molar-refractivity contribution in [3.8, 4) is 0 Å². The molecule has 1 amide bonds. The van der Waals surface area contributed by atoms with Crippen LogP contribution in [0.3, 0.4) is 0 Å². The van der Waals surface area contributed by atoms with Gasteiger partial charge in [-0.2, -0.15) is 0 Å². The molecule has 1 heterocycles. The summed E-state index contributed by atoms with van der Waals surface area (Å²) in [5, 5.41) is 3.68. The average molecular weight is 252 g/mol. The molecular formula is C15H28N2O. The summed E-state index contributed by atoms with van der Waals surface area (Å²) in [7, 11) is 0. The molecule has 1 atom stereocenters. The molecule has 3 nitrogen and oxygen atoms in total. The van der Waals surface area contributed by atoms with Gasteiger partial charge >= 0.3 is 0 Å². The Balaban J connectivity index is 1.84. The first-order valence-electron chi connectivity index (χ1n) is 7.72. The molecule has 0 spiro atoms. The number of hydrogen-bond acceptors (Lipinski definition) is 2. The van der Waals surface area contributed by atoms with Crippen molar-refractivity contribution in [1.29, 1.82) is 0 Å². The summed E-state index contributed by atoms with van der Waals surface area (Å²) in [4.78, 5) is 14.3. The van der Waals surface area contributed by atoms with Gasteiger partial charge in [-0.05, 0) is 32.1 Å². The molecule has 1 N–H and O–H groups in total. The van der Waals surface area contributed by atoms with Gasteiger partial charge in [0.25, 0.3) is 0 Å². The standard InChI is InChI=1S/C15H28N2O/c1-12(2)15(18)17-10-6-5-9-14(17)11-16-13-7-3-4-8-13/h12-14,16H,3-11H2,1-2H3. The minimum atomic E-state index is 0.136. The summed E-state index contributed by atoms with van der Waals surface area (Å²) >= 11 is 0. The van der Waals surface area contributed by atoms with E-state index in [1.165, 1.54) is 44.9 Å². The van der Waals surface area contributed by atoms with Gasteiger partial charge in [-0.15, -0.1) is 0 Å². The number of hydrogen-bond donors (Lipinski definition) is 1. The Morgan fingerprint density at radius 2 is 1.83 bits per heavy atom. The number of piperidine rings is 1. The predicted molar refractivity (Wildman–Crippen MR) is 74.4 cm³/mol. The first-order valence-corrected chi connectivity index (χ1v) is 7.72. The SMILES string of the molecule is CC(C)C(=O)N1CCCCC1CNC1CCCC1. The van der Waals surface area contributed by atoms with E-state index in [0.29, 0.717) is 18.0 Å². The molecule has 2 aliphatic rings. The molecule has 3 heteroatoms. The lowest BCUT2D eigenvalue weighted by molar-refractivity contribution is -0.138. The quantitative estimate of drug-likeness (QED) is 0.834. The lowest BCUT2D eigenvalue weighted by Gasteiger charge is -2.37. The number of nitrogens with one attached hydrogen (secondary N) is 1. The van der Waals surface area contributed by atoms with Gasteiger partial charge < -0.3 is 10.2 Å². The van der Waals surface area contributed by atoms with Crippen LogP contribution in [0.15, 0.2) is 0 Å². The zero-order valence-corrected chi connectivity index (χ0v) is 12.0. The minimum absolute atomic E-state index is 0.136. The molecule has 2 rings (SSSR count). The summed E-state index contributed by atoms with van der Waals surface area (Å²) < 4.78 is 0. The van der Waals surface area contributed by atoms with Gasteiger partial charge in [0.15, 0.2) is 0 Å². The van der Waals surface area contributed by atoms with Crippen molar-refractivity contribution in [2.45, 2.75) is 70.9 Å². The van der Waals surface area contributed by atoms with E-state index >= 15 is 0 Å². The molecule has 1 aliphatic heterocycles. The second-order valence-electron chi connectivity index (χ2n) is 6.23. The maximum Gasteiger partial charge on any atom is 0.225 e. The van der Waals surface area contributed by atoms with Crippen LogP contribution in [0.5, 0.6) is 0 Å². The van der Waals surface area contributed by atoms with Gasteiger partial charge in [-0.1, -0.05) is 26.7 Å². The van der Waals surface area contributed by atoms with Crippen LogP contribution in [0.25, 0.3) is 0 Å². The third kappa shape index (κ3) is 3.47. The molecule has 0 radical (unpaired) electrons. The Kier molecular flexibility index (Phi) is 5.04. The Morgan fingerprint density at radius 1 is 1.17 bits per heavy atom. The zero-order chi connectivity index (χ0) is 13.0. The fourth-order valence-electron chi connectivity index (χ4n) is 3.27. The number of nitrogens with zero attached hydrogens (tertiary/aromatic N) is 1. The Morgan fingerprint density at radius 3 is 2.50 bits per heavy atom. The summed E-state index contributed by atoms with van der Waals surface area (Å²) in [6, 6.07) is 1.15. The van der Waals surface area contributed by atoms with Crippen LogP contribution >= 0.6 is 0 Å². The molecule has 18 heavy (non-hydrogen) atoms. The van der Waals surface area contributed by atoms with Crippen LogP contribution in [0.4, 0.5) is 0 Å². The molecule has 1 saturated heterocycles. The first kappa shape index (κ1) is 13.9. The monoisotopic (exact) mass is 252 g/mol. The topological polar surface area (TPSA) is 32.3 Å². The molecule has 0 bridgehead atoms. The van der Waals surface area contributed by atoms with Crippen LogP contribution in [0.2, 0.25) is 0 Å². The minimum Gasteiger partial charge on any atom is -0.338 e. The Hall–Kier alpha value is -0.570. The summed E-state index contributed by atoms with van der Waals surface area (Å²) in [6.45, 7) is 5.99. The summed E-state index contributed by atoms with van der Waals surface area (Å²) in [5.41, 5.74) is 0. The lowest BCUT2D eigenvalue weighted by Crippen LogP contribution is -2.51. The number of carbonyl (C=O) groups is 1. The van der Waals surface area contributed by atoms with Crippen molar-refractivity contribution in [1.82, 2.24) is 10.2 Å². The third-order valence-electron chi connectivity index (χ3n) is 4.40. The first-order chi connectivity index (χ1) is 8.68. The van der Waals surface area contributed by atoms with E-state index in [9.17, 15) is 4.79 Å². The van der Waals surface area contributed by atoms with Crippen molar-refractivity contribution < 1.29 is 4.79 Å². The van der Waals surface area contributed by atoms with Crippen molar-refractivity contribution in [2.24, 2.45) is 5.92 Å². The van der Waals surface area contributed by atoms with Crippen LogP contribution in [0.1, 0.15) is 58.8 Å². The highest BCUT2D eigenvalue weighted by Gasteiger charge is 2.28. The summed E-state index contributed by atoms with van der Waals surface area (Å²) in [5.74, 6) is 0.477. The third-order valence-corrected chi connectivity index (χ3v) is 4.40. The molecule has 1 unspecified atom stereocenters. The largest absolute Gasteiger partial charge is 0.338 e. The van der Waals surface area contributed by atoms with E-state index in [-0.39, 0.29) is 5.92 Å². The zero-order valence-electron chi connectivity index (χ0n) is 12.0. The maximum absolute atomic E-state index is 12.2. The summed E-state index contributed by atoms with van der Waals surface area (Å²) in [6.07, 6.45) is 9.03. The van der Waals surface area contributed by atoms with Crippen molar-refractivity contribution >= 4 is 5.91 Å². The highest BCUT2D eigenvalue weighted by Crippen LogP contribution is 2.21. The highest BCUT2D eigenvalue weighted by molar-refractivity contribution is 5.78. The number of rotatable bonds is 4. The van der Waals surface area contributed by atoms with E-state index in [1.54, 1.807) is 0 Å². The molecule has 1 saturated carbocycles. The fourth-order valence-corrected chi connectivity index (χ4v) is 3.27. The highest BCUT2D eigenvalue weighted by atomic mass is 16.2. The average Bonchev–Trinajstić information content (AvgIpc) is 2.89. The van der Waals surface area contributed by atoms with Crippen LogP contribution in [-0.2, 0) is 4.79 Å². The van der Waals surface area contributed by atoms with Crippen LogP contribution < -0.4 is 5.32 Å². The van der Waals surface area contributed by atoms with Gasteiger partial charge in [0.2, 0.25) is 5.91 Å². The molecule has 104 valence electrons. The molecule has 0 aromatic heterocycles. The lowest BCUT2D eigenvalue weighted by atomic mass is 9.99. The number of amides is 1. The fraction of sp³-hybridized carbons (Fsp3) is 0.933. The van der Waals surface area contributed by atoms with E-state index in [4.69, 9.17) is 0 Å². The number of likely N-dealkylation sites (tertiary alicyclic amines) is 1. The van der Waals surface area contributed by atoms with Crippen molar-refractivity contribution in [2.75, 3.05) is 13.1 Å². The number of carbonyl (C=O) groups excluding carboxylic acids is 1. The smallest absolute Gasteiger partial charge is 0.225 e.